The van der Waals surface area contributed by atoms with Crippen molar-refractivity contribution in [2.45, 2.75) is 18.9 Å². The maximum atomic E-state index is 10.2. The summed E-state index contributed by atoms with van der Waals surface area (Å²) in [6.45, 7) is 0. The van der Waals surface area contributed by atoms with Gasteiger partial charge in [-0.1, -0.05) is 30.3 Å². The molecule has 0 amide bonds. The molecule has 0 spiro atoms. The molecule has 2 aromatic heterocycles. The predicted octanol–water partition coefficient (Wildman–Crippen LogP) is 2.78. The van der Waals surface area contributed by atoms with E-state index < -0.39 is 6.10 Å². The second-order valence-corrected chi connectivity index (χ2v) is 4.92. The standard InChI is InChI=1S/C17H16N2O/c20-16(10-13-4-3-9-18-12-13)11-15-8-7-14-5-1-2-6-17(14)19-15/h1-9,12,16,20H,10-11H2. The van der Waals surface area contributed by atoms with Gasteiger partial charge in [0.05, 0.1) is 11.6 Å². The average molecular weight is 264 g/mol. The Hall–Kier alpha value is -2.26. The molecular weight excluding hydrogens is 248 g/mol. The summed E-state index contributed by atoms with van der Waals surface area (Å²) in [5.41, 5.74) is 2.93. The monoisotopic (exact) mass is 264 g/mol. The summed E-state index contributed by atoms with van der Waals surface area (Å²) in [6.07, 6.45) is 4.24. The van der Waals surface area contributed by atoms with Gasteiger partial charge in [-0.25, -0.2) is 0 Å². The molecule has 3 nitrogen and oxygen atoms in total. The lowest BCUT2D eigenvalue weighted by Crippen LogP contribution is -2.14. The molecule has 2 heterocycles. The highest BCUT2D eigenvalue weighted by molar-refractivity contribution is 5.78. The molecule has 0 saturated heterocycles. The summed E-state index contributed by atoms with van der Waals surface area (Å²) in [5, 5.41) is 11.3. The van der Waals surface area contributed by atoms with Crippen LogP contribution in [0.25, 0.3) is 10.9 Å². The highest BCUT2D eigenvalue weighted by atomic mass is 16.3. The number of aliphatic hydroxyl groups excluding tert-OH is 1. The molecule has 0 saturated carbocycles. The molecule has 20 heavy (non-hydrogen) atoms. The molecule has 3 aromatic rings. The van der Waals surface area contributed by atoms with Crippen LogP contribution in [0.3, 0.4) is 0 Å². The number of hydrogen-bond donors (Lipinski definition) is 1. The Bertz CT molecular complexity index is 697. The minimum atomic E-state index is -0.437. The molecule has 100 valence electrons. The lowest BCUT2D eigenvalue weighted by Gasteiger charge is -2.10. The van der Waals surface area contributed by atoms with Crippen LogP contribution in [0, 0.1) is 0 Å². The van der Waals surface area contributed by atoms with Gasteiger partial charge < -0.3 is 5.11 Å². The van der Waals surface area contributed by atoms with Crippen molar-refractivity contribution in [1.82, 2.24) is 9.97 Å². The number of pyridine rings is 2. The van der Waals surface area contributed by atoms with Gasteiger partial charge in [-0.05, 0) is 23.8 Å². The van der Waals surface area contributed by atoms with Crippen LogP contribution in [0.4, 0.5) is 0 Å². The van der Waals surface area contributed by atoms with Gasteiger partial charge in [0.25, 0.3) is 0 Å². The number of aromatic nitrogens is 2. The number of nitrogens with zero attached hydrogens (tertiary/aromatic N) is 2. The predicted molar refractivity (Wildman–Crippen MR) is 79.4 cm³/mol. The van der Waals surface area contributed by atoms with Gasteiger partial charge in [0.15, 0.2) is 0 Å². The van der Waals surface area contributed by atoms with Gasteiger partial charge >= 0.3 is 0 Å². The summed E-state index contributed by atoms with van der Waals surface area (Å²) >= 11 is 0. The second-order valence-electron chi connectivity index (χ2n) is 4.92. The molecule has 1 atom stereocenters. The van der Waals surface area contributed by atoms with E-state index in [4.69, 9.17) is 0 Å². The number of benzene rings is 1. The van der Waals surface area contributed by atoms with Gasteiger partial charge in [0.1, 0.15) is 0 Å². The van der Waals surface area contributed by atoms with E-state index in [9.17, 15) is 5.11 Å². The van der Waals surface area contributed by atoms with Crippen molar-refractivity contribution in [1.29, 1.82) is 0 Å². The Morgan fingerprint density at radius 1 is 0.950 bits per heavy atom. The molecule has 1 unspecified atom stereocenters. The van der Waals surface area contributed by atoms with Crippen molar-refractivity contribution in [2.75, 3.05) is 0 Å². The molecule has 0 fully saturated rings. The van der Waals surface area contributed by atoms with Gasteiger partial charge in [-0.3, -0.25) is 9.97 Å². The highest BCUT2D eigenvalue weighted by Crippen LogP contribution is 2.13. The zero-order chi connectivity index (χ0) is 13.8. The normalized spacial score (nSPS) is 12.4. The first-order valence-electron chi connectivity index (χ1n) is 6.73. The van der Waals surface area contributed by atoms with E-state index in [1.165, 1.54) is 0 Å². The Morgan fingerprint density at radius 2 is 1.85 bits per heavy atom. The summed E-state index contributed by atoms with van der Waals surface area (Å²) < 4.78 is 0. The molecular formula is C17H16N2O. The highest BCUT2D eigenvalue weighted by Gasteiger charge is 2.08. The van der Waals surface area contributed by atoms with Gasteiger partial charge in [0.2, 0.25) is 0 Å². The third-order valence-electron chi connectivity index (χ3n) is 3.29. The van der Waals surface area contributed by atoms with Crippen LogP contribution in [-0.2, 0) is 12.8 Å². The van der Waals surface area contributed by atoms with E-state index in [1.807, 2.05) is 42.5 Å². The van der Waals surface area contributed by atoms with E-state index in [1.54, 1.807) is 12.4 Å². The summed E-state index contributed by atoms with van der Waals surface area (Å²) in [4.78, 5) is 8.64. The Kier molecular flexibility index (Phi) is 3.70. The number of fused-ring (bicyclic) bond motifs is 1. The number of aliphatic hydroxyl groups is 1. The molecule has 1 aromatic carbocycles. The van der Waals surface area contributed by atoms with Crippen molar-refractivity contribution < 1.29 is 5.11 Å². The van der Waals surface area contributed by atoms with E-state index in [0.717, 1.165) is 22.2 Å². The zero-order valence-electron chi connectivity index (χ0n) is 11.1. The van der Waals surface area contributed by atoms with Crippen LogP contribution >= 0.6 is 0 Å². The fraction of sp³-hybridized carbons (Fsp3) is 0.176. The van der Waals surface area contributed by atoms with Crippen LogP contribution in [0.2, 0.25) is 0 Å². The van der Waals surface area contributed by atoms with Crippen molar-refractivity contribution in [2.24, 2.45) is 0 Å². The van der Waals surface area contributed by atoms with E-state index in [2.05, 4.69) is 16.0 Å². The fourth-order valence-corrected chi connectivity index (χ4v) is 2.33. The third kappa shape index (κ3) is 3.00. The minimum Gasteiger partial charge on any atom is -0.392 e. The molecule has 1 N–H and O–H groups in total. The van der Waals surface area contributed by atoms with Crippen molar-refractivity contribution in [3.63, 3.8) is 0 Å². The van der Waals surface area contributed by atoms with Crippen molar-refractivity contribution in [3.05, 3.63) is 72.2 Å². The molecule has 0 aliphatic heterocycles. The number of rotatable bonds is 4. The molecule has 3 rings (SSSR count). The van der Waals surface area contributed by atoms with E-state index in [0.29, 0.717) is 12.8 Å². The summed E-state index contributed by atoms with van der Waals surface area (Å²) in [7, 11) is 0. The van der Waals surface area contributed by atoms with Crippen LogP contribution in [0.5, 0.6) is 0 Å². The smallest absolute Gasteiger partial charge is 0.0705 e. The Balaban J connectivity index is 1.72. The lowest BCUT2D eigenvalue weighted by molar-refractivity contribution is 0.174. The van der Waals surface area contributed by atoms with Crippen LogP contribution in [-0.4, -0.2) is 21.2 Å². The molecule has 0 aliphatic carbocycles. The lowest BCUT2D eigenvalue weighted by atomic mass is 10.0. The minimum absolute atomic E-state index is 0.437. The Morgan fingerprint density at radius 3 is 2.70 bits per heavy atom. The molecule has 0 bridgehead atoms. The largest absolute Gasteiger partial charge is 0.392 e. The van der Waals surface area contributed by atoms with Crippen molar-refractivity contribution in [3.8, 4) is 0 Å². The van der Waals surface area contributed by atoms with Gasteiger partial charge in [0, 0.05) is 36.3 Å². The quantitative estimate of drug-likeness (QED) is 0.788. The first-order valence-corrected chi connectivity index (χ1v) is 6.73. The van der Waals surface area contributed by atoms with Gasteiger partial charge in [-0.15, -0.1) is 0 Å². The third-order valence-corrected chi connectivity index (χ3v) is 3.29. The first-order chi connectivity index (χ1) is 9.81. The van der Waals surface area contributed by atoms with Crippen LogP contribution < -0.4 is 0 Å². The number of para-hydroxylation sites is 1. The Labute approximate surface area is 117 Å². The average Bonchev–Trinajstić information content (AvgIpc) is 2.48. The van der Waals surface area contributed by atoms with Gasteiger partial charge in [-0.2, -0.15) is 0 Å². The maximum absolute atomic E-state index is 10.2. The van der Waals surface area contributed by atoms with E-state index in [-0.39, 0.29) is 0 Å². The van der Waals surface area contributed by atoms with Crippen LogP contribution in [0.1, 0.15) is 11.3 Å². The molecule has 3 heteroatoms. The fourth-order valence-electron chi connectivity index (χ4n) is 2.33. The van der Waals surface area contributed by atoms with Crippen molar-refractivity contribution >= 4 is 10.9 Å². The first kappa shape index (κ1) is 12.8. The summed E-state index contributed by atoms with van der Waals surface area (Å²) in [6, 6.07) is 15.9. The maximum Gasteiger partial charge on any atom is 0.0705 e. The second kappa shape index (κ2) is 5.80. The molecule has 0 radical (unpaired) electrons. The SMILES string of the molecule is OC(Cc1cccnc1)Cc1ccc2ccccc2n1. The molecule has 0 aliphatic rings. The summed E-state index contributed by atoms with van der Waals surface area (Å²) in [5.74, 6) is 0. The zero-order valence-corrected chi connectivity index (χ0v) is 11.1. The topological polar surface area (TPSA) is 46.0 Å². The van der Waals surface area contributed by atoms with E-state index >= 15 is 0 Å². The van der Waals surface area contributed by atoms with Crippen LogP contribution in [0.15, 0.2) is 60.9 Å². The number of hydrogen-bond acceptors (Lipinski definition) is 3.